The number of benzene rings is 2. The summed E-state index contributed by atoms with van der Waals surface area (Å²) >= 11 is 0. The van der Waals surface area contributed by atoms with Crippen LogP contribution in [-0.2, 0) is 0 Å². The van der Waals surface area contributed by atoms with Gasteiger partial charge in [-0.2, -0.15) is 0 Å². The van der Waals surface area contributed by atoms with Gasteiger partial charge >= 0.3 is 0 Å². The van der Waals surface area contributed by atoms with E-state index in [9.17, 15) is 10.1 Å². The molecule has 0 bridgehead atoms. The van der Waals surface area contributed by atoms with E-state index in [1.54, 1.807) is 13.8 Å². The fourth-order valence-electron chi connectivity index (χ4n) is 2.05. The van der Waals surface area contributed by atoms with E-state index in [4.69, 9.17) is 5.41 Å². The summed E-state index contributed by atoms with van der Waals surface area (Å²) in [6.45, 7) is 3.48. The number of nitrogens with one attached hydrogen (secondary N) is 1. The molecule has 0 spiro atoms. The number of hydrogen-bond acceptors (Lipinski definition) is 3. The van der Waals surface area contributed by atoms with Crippen LogP contribution < -0.4 is 0 Å². The van der Waals surface area contributed by atoms with E-state index in [1.165, 1.54) is 6.07 Å². The molecule has 0 aliphatic carbocycles. The highest BCUT2D eigenvalue weighted by Gasteiger charge is 2.18. The molecule has 2 aromatic carbocycles. The average molecular weight is 254 g/mol. The van der Waals surface area contributed by atoms with E-state index in [1.807, 2.05) is 36.4 Å². The monoisotopic (exact) mass is 254 g/mol. The standard InChI is InChI=1S/C15H14N2O2/c1-10-8-13(11(2)14(9-10)17(18)19)15(16)12-6-4-3-5-7-12/h3-9,16H,1-2H3. The molecule has 0 aromatic heterocycles. The number of nitrogens with zero attached hydrogens (tertiary/aromatic N) is 1. The van der Waals surface area contributed by atoms with Gasteiger partial charge in [-0.3, -0.25) is 15.5 Å². The van der Waals surface area contributed by atoms with Crippen LogP contribution in [0.15, 0.2) is 42.5 Å². The molecule has 2 rings (SSSR count). The second-order valence-electron chi connectivity index (χ2n) is 4.45. The zero-order valence-corrected chi connectivity index (χ0v) is 10.8. The number of hydrogen-bond donors (Lipinski definition) is 1. The second kappa shape index (κ2) is 5.02. The molecule has 0 atom stereocenters. The van der Waals surface area contributed by atoms with Gasteiger partial charge in [-0.15, -0.1) is 0 Å². The molecule has 0 saturated carbocycles. The van der Waals surface area contributed by atoms with Gasteiger partial charge in [0.1, 0.15) is 0 Å². The molecule has 0 heterocycles. The molecule has 4 nitrogen and oxygen atoms in total. The van der Waals surface area contributed by atoms with Crippen molar-refractivity contribution in [1.82, 2.24) is 0 Å². The molecule has 0 aliphatic rings. The predicted molar refractivity (Wildman–Crippen MR) is 74.9 cm³/mol. The van der Waals surface area contributed by atoms with E-state index in [0.29, 0.717) is 16.8 Å². The third kappa shape index (κ3) is 2.52. The van der Waals surface area contributed by atoms with Gasteiger partial charge in [0.2, 0.25) is 0 Å². The summed E-state index contributed by atoms with van der Waals surface area (Å²) in [6.07, 6.45) is 0. The van der Waals surface area contributed by atoms with Crippen LogP contribution in [0.3, 0.4) is 0 Å². The fraction of sp³-hybridized carbons (Fsp3) is 0.133. The average Bonchev–Trinajstić information content (AvgIpc) is 2.41. The summed E-state index contributed by atoms with van der Waals surface area (Å²) in [6, 6.07) is 12.6. The van der Waals surface area contributed by atoms with E-state index in [-0.39, 0.29) is 5.69 Å². The predicted octanol–water partition coefficient (Wildman–Crippen LogP) is 3.63. The molecule has 0 amide bonds. The molecule has 0 radical (unpaired) electrons. The Bertz CT molecular complexity index is 649. The van der Waals surface area contributed by atoms with Crippen molar-refractivity contribution >= 4 is 11.4 Å². The van der Waals surface area contributed by atoms with Gasteiger partial charge in [0.05, 0.1) is 10.6 Å². The Morgan fingerprint density at radius 1 is 1.16 bits per heavy atom. The van der Waals surface area contributed by atoms with Crippen molar-refractivity contribution in [1.29, 1.82) is 5.41 Å². The molecular formula is C15H14N2O2. The number of nitro groups is 1. The van der Waals surface area contributed by atoms with Crippen molar-refractivity contribution in [3.8, 4) is 0 Å². The first-order chi connectivity index (χ1) is 9.00. The van der Waals surface area contributed by atoms with Crippen molar-refractivity contribution in [3.05, 3.63) is 74.8 Å². The Morgan fingerprint density at radius 2 is 1.79 bits per heavy atom. The minimum absolute atomic E-state index is 0.0654. The Labute approximate surface area is 111 Å². The highest BCUT2D eigenvalue weighted by atomic mass is 16.6. The lowest BCUT2D eigenvalue weighted by atomic mass is 9.95. The first kappa shape index (κ1) is 13.0. The summed E-state index contributed by atoms with van der Waals surface area (Å²) in [7, 11) is 0. The maximum atomic E-state index is 11.0. The van der Waals surface area contributed by atoms with Crippen LogP contribution in [0.2, 0.25) is 0 Å². The van der Waals surface area contributed by atoms with Crippen LogP contribution in [-0.4, -0.2) is 10.6 Å². The normalized spacial score (nSPS) is 10.2. The minimum Gasteiger partial charge on any atom is -0.300 e. The number of rotatable bonds is 3. The van der Waals surface area contributed by atoms with Crippen LogP contribution in [0.25, 0.3) is 0 Å². The molecule has 19 heavy (non-hydrogen) atoms. The van der Waals surface area contributed by atoms with E-state index in [0.717, 1.165) is 11.1 Å². The highest BCUT2D eigenvalue weighted by molar-refractivity contribution is 6.12. The molecule has 0 saturated heterocycles. The lowest BCUT2D eigenvalue weighted by Gasteiger charge is -2.09. The first-order valence-electron chi connectivity index (χ1n) is 5.90. The van der Waals surface area contributed by atoms with Crippen LogP contribution in [0.4, 0.5) is 5.69 Å². The minimum atomic E-state index is -0.399. The summed E-state index contributed by atoms with van der Waals surface area (Å²) in [5.41, 5.74) is 3.06. The molecule has 0 fully saturated rings. The SMILES string of the molecule is Cc1cc(C(=N)c2ccccc2)c(C)c([N+](=O)[O-])c1. The van der Waals surface area contributed by atoms with Crippen molar-refractivity contribution in [3.63, 3.8) is 0 Å². The molecule has 0 aliphatic heterocycles. The number of aryl methyl sites for hydroxylation is 1. The zero-order chi connectivity index (χ0) is 14.0. The van der Waals surface area contributed by atoms with Gasteiger partial charge in [0.25, 0.3) is 5.69 Å². The van der Waals surface area contributed by atoms with Crippen LogP contribution in [0.1, 0.15) is 22.3 Å². The van der Waals surface area contributed by atoms with Gasteiger partial charge in [-0.25, -0.2) is 0 Å². The van der Waals surface area contributed by atoms with Crippen LogP contribution >= 0.6 is 0 Å². The topological polar surface area (TPSA) is 67.0 Å². The second-order valence-corrected chi connectivity index (χ2v) is 4.45. The fourth-order valence-corrected chi connectivity index (χ4v) is 2.05. The first-order valence-corrected chi connectivity index (χ1v) is 5.90. The van der Waals surface area contributed by atoms with Gasteiger partial charge in [0.15, 0.2) is 0 Å². The molecule has 96 valence electrons. The molecular weight excluding hydrogens is 240 g/mol. The smallest absolute Gasteiger partial charge is 0.273 e. The maximum Gasteiger partial charge on any atom is 0.273 e. The van der Waals surface area contributed by atoms with Gasteiger partial charge in [-0.05, 0) is 25.5 Å². The lowest BCUT2D eigenvalue weighted by Crippen LogP contribution is -2.06. The van der Waals surface area contributed by atoms with Gasteiger partial charge in [-0.1, -0.05) is 30.3 Å². The van der Waals surface area contributed by atoms with Crippen molar-refractivity contribution in [2.24, 2.45) is 0 Å². The number of nitro benzene ring substituents is 1. The van der Waals surface area contributed by atoms with Gasteiger partial charge < -0.3 is 0 Å². The van der Waals surface area contributed by atoms with E-state index < -0.39 is 4.92 Å². The van der Waals surface area contributed by atoms with Crippen molar-refractivity contribution < 1.29 is 4.92 Å². The Hall–Kier alpha value is -2.49. The van der Waals surface area contributed by atoms with Crippen LogP contribution in [0, 0.1) is 29.4 Å². The Kier molecular flexibility index (Phi) is 3.42. The largest absolute Gasteiger partial charge is 0.300 e. The van der Waals surface area contributed by atoms with Crippen molar-refractivity contribution in [2.75, 3.05) is 0 Å². The summed E-state index contributed by atoms with van der Waals surface area (Å²) in [5.74, 6) is 0. The molecule has 4 heteroatoms. The third-order valence-electron chi connectivity index (χ3n) is 3.05. The molecule has 0 unspecified atom stereocenters. The van der Waals surface area contributed by atoms with Crippen LogP contribution in [0.5, 0.6) is 0 Å². The lowest BCUT2D eigenvalue weighted by molar-refractivity contribution is -0.385. The van der Waals surface area contributed by atoms with E-state index >= 15 is 0 Å². The maximum absolute atomic E-state index is 11.0. The van der Waals surface area contributed by atoms with E-state index in [2.05, 4.69) is 0 Å². The summed E-state index contributed by atoms with van der Waals surface area (Å²) < 4.78 is 0. The Morgan fingerprint density at radius 3 is 2.37 bits per heavy atom. The zero-order valence-electron chi connectivity index (χ0n) is 10.8. The molecule has 1 N–H and O–H groups in total. The van der Waals surface area contributed by atoms with Gasteiger partial charge in [0, 0.05) is 22.8 Å². The highest BCUT2D eigenvalue weighted by Crippen LogP contribution is 2.25. The Balaban J connectivity index is 2.57. The quantitative estimate of drug-likeness (QED) is 0.516. The third-order valence-corrected chi connectivity index (χ3v) is 3.05. The molecule has 2 aromatic rings. The van der Waals surface area contributed by atoms with Crippen molar-refractivity contribution in [2.45, 2.75) is 13.8 Å². The summed E-state index contributed by atoms with van der Waals surface area (Å²) in [4.78, 5) is 10.6. The summed E-state index contributed by atoms with van der Waals surface area (Å²) in [5, 5.41) is 19.2.